The van der Waals surface area contributed by atoms with Gasteiger partial charge in [-0.25, -0.2) is 0 Å². The number of alkyl halides is 1. The molecule has 1 nitrogen and oxygen atoms in total. The molecule has 1 rings (SSSR count). The van der Waals surface area contributed by atoms with Gasteiger partial charge in [-0.2, -0.15) is 11.8 Å². The normalized spacial score (nSPS) is 13.0. The molecule has 86 valence electrons. The number of furan rings is 1. The quantitative estimate of drug-likeness (QED) is 0.659. The second-order valence-electron chi connectivity index (χ2n) is 3.53. The minimum atomic E-state index is 0.483. The third-order valence-electron chi connectivity index (χ3n) is 2.14. The van der Waals surface area contributed by atoms with Crippen molar-refractivity contribution in [3.63, 3.8) is 0 Å². The molecule has 1 heterocycles. The molecule has 0 aliphatic carbocycles. The van der Waals surface area contributed by atoms with Gasteiger partial charge in [-0.1, -0.05) is 29.3 Å². The average molecular weight is 312 g/mol. The van der Waals surface area contributed by atoms with Crippen molar-refractivity contribution in [3.05, 3.63) is 23.1 Å². The van der Waals surface area contributed by atoms with Gasteiger partial charge in [0.1, 0.15) is 5.76 Å². The van der Waals surface area contributed by atoms with Crippen molar-refractivity contribution in [2.75, 3.05) is 11.1 Å². The summed E-state index contributed by atoms with van der Waals surface area (Å²) in [5, 5.41) is 1.57. The Morgan fingerprint density at radius 3 is 2.87 bits per heavy atom. The van der Waals surface area contributed by atoms with Crippen molar-refractivity contribution in [3.8, 4) is 0 Å². The van der Waals surface area contributed by atoms with E-state index in [9.17, 15) is 0 Å². The van der Waals surface area contributed by atoms with Crippen LogP contribution in [0.5, 0.6) is 0 Å². The molecule has 0 radical (unpaired) electrons. The Morgan fingerprint density at radius 2 is 2.33 bits per heavy atom. The molecule has 1 unspecified atom stereocenters. The molecule has 1 aromatic rings. The van der Waals surface area contributed by atoms with Crippen molar-refractivity contribution in [2.45, 2.75) is 25.5 Å². The van der Waals surface area contributed by atoms with Crippen LogP contribution < -0.4 is 0 Å². The predicted molar refractivity (Wildman–Crippen MR) is 72.1 cm³/mol. The van der Waals surface area contributed by atoms with Crippen LogP contribution in [0.15, 0.2) is 16.5 Å². The Bertz CT molecular complexity index is 277. The molecule has 0 bridgehead atoms. The fraction of sp³-hybridized carbons (Fsp3) is 0.636. The van der Waals surface area contributed by atoms with Crippen LogP contribution in [0.1, 0.15) is 25.5 Å². The molecule has 0 saturated heterocycles. The maximum atomic E-state index is 5.70. The molecule has 0 amide bonds. The average Bonchev–Trinajstić information content (AvgIpc) is 2.63. The van der Waals surface area contributed by atoms with Gasteiger partial charge in [-0.3, -0.25) is 0 Å². The van der Waals surface area contributed by atoms with Gasteiger partial charge in [0.2, 0.25) is 0 Å². The predicted octanol–water partition coefficient (Wildman–Crippen LogP) is 4.98. The Balaban J connectivity index is 2.20. The highest BCUT2D eigenvalue weighted by Gasteiger charge is 2.07. The first-order valence-electron chi connectivity index (χ1n) is 5.14. The van der Waals surface area contributed by atoms with Crippen molar-refractivity contribution in [1.82, 2.24) is 0 Å². The first kappa shape index (κ1) is 13.5. The molecule has 15 heavy (non-hydrogen) atoms. The molecule has 0 fully saturated rings. The third-order valence-corrected chi connectivity index (χ3v) is 4.46. The van der Waals surface area contributed by atoms with Gasteiger partial charge in [0.25, 0.3) is 0 Å². The minimum Gasteiger partial charge on any atom is -0.449 e. The maximum absolute atomic E-state index is 5.70. The van der Waals surface area contributed by atoms with Gasteiger partial charge in [0, 0.05) is 5.33 Å². The molecule has 0 saturated carbocycles. The summed E-state index contributed by atoms with van der Waals surface area (Å²) in [4.78, 5) is 0. The summed E-state index contributed by atoms with van der Waals surface area (Å²) in [5.41, 5.74) is 0. The van der Waals surface area contributed by atoms with Gasteiger partial charge in [-0.05, 0) is 41.8 Å². The lowest BCUT2D eigenvalue weighted by Gasteiger charge is -2.11. The van der Waals surface area contributed by atoms with E-state index in [4.69, 9.17) is 16.0 Å². The van der Waals surface area contributed by atoms with Gasteiger partial charge in [-0.15, -0.1) is 0 Å². The highest BCUT2D eigenvalue weighted by molar-refractivity contribution is 9.09. The fourth-order valence-electron chi connectivity index (χ4n) is 1.37. The van der Waals surface area contributed by atoms with E-state index in [1.165, 1.54) is 18.6 Å². The van der Waals surface area contributed by atoms with Crippen molar-refractivity contribution < 1.29 is 4.42 Å². The van der Waals surface area contributed by atoms with E-state index in [0.717, 1.165) is 22.8 Å². The summed E-state index contributed by atoms with van der Waals surface area (Å²) in [5.74, 6) is 3.83. The summed E-state index contributed by atoms with van der Waals surface area (Å²) in [6, 6.07) is 3.74. The number of halogens is 2. The van der Waals surface area contributed by atoms with Crippen LogP contribution in [0.25, 0.3) is 0 Å². The lowest BCUT2D eigenvalue weighted by Crippen LogP contribution is -2.04. The largest absolute Gasteiger partial charge is 0.449 e. The molecule has 0 aliphatic heterocycles. The van der Waals surface area contributed by atoms with E-state index >= 15 is 0 Å². The zero-order valence-electron chi connectivity index (χ0n) is 8.84. The second-order valence-corrected chi connectivity index (χ2v) is 5.58. The summed E-state index contributed by atoms with van der Waals surface area (Å²) >= 11 is 11.2. The van der Waals surface area contributed by atoms with Gasteiger partial charge in [0.05, 0.1) is 5.75 Å². The molecule has 0 N–H and O–H groups in total. The number of thioether (sulfide) groups is 1. The van der Waals surface area contributed by atoms with Crippen molar-refractivity contribution >= 4 is 39.3 Å². The van der Waals surface area contributed by atoms with E-state index in [0.29, 0.717) is 5.22 Å². The van der Waals surface area contributed by atoms with E-state index in [1.54, 1.807) is 6.07 Å². The maximum Gasteiger partial charge on any atom is 0.193 e. The minimum absolute atomic E-state index is 0.483. The highest BCUT2D eigenvalue weighted by atomic mass is 79.9. The zero-order chi connectivity index (χ0) is 11.1. The smallest absolute Gasteiger partial charge is 0.193 e. The van der Waals surface area contributed by atoms with Crippen LogP contribution in [0.4, 0.5) is 0 Å². The van der Waals surface area contributed by atoms with Gasteiger partial charge in [0.15, 0.2) is 5.22 Å². The Labute approximate surface area is 109 Å². The SMILES string of the molecule is CCCC(CBr)CSCc1ccc(Cl)o1. The molecule has 0 aromatic carbocycles. The molecular formula is C11H16BrClOS. The van der Waals surface area contributed by atoms with Crippen LogP contribution in [0, 0.1) is 5.92 Å². The Hall–Kier alpha value is 0.400. The Kier molecular flexibility index (Phi) is 6.86. The topological polar surface area (TPSA) is 13.1 Å². The van der Waals surface area contributed by atoms with E-state index < -0.39 is 0 Å². The summed E-state index contributed by atoms with van der Waals surface area (Å²) < 4.78 is 5.29. The fourth-order valence-corrected chi connectivity index (χ4v) is 3.48. The third kappa shape index (κ3) is 5.32. The van der Waals surface area contributed by atoms with Gasteiger partial charge >= 0.3 is 0 Å². The summed E-state index contributed by atoms with van der Waals surface area (Å²) in [7, 11) is 0. The van der Waals surface area contributed by atoms with Crippen LogP contribution in [0.3, 0.4) is 0 Å². The summed E-state index contributed by atoms with van der Waals surface area (Å²) in [6.07, 6.45) is 2.54. The lowest BCUT2D eigenvalue weighted by molar-refractivity contribution is 0.531. The molecule has 0 spiro atoms. The number of rotatable bonds is 7. The zero-order valence-corrected chi connectivity index (χ0v) is 12.0. The van der Waals surface area contributed by atoms with Crippen molar-refractivity contribution in [1.29, 1.82) is 0 Å². The van der Waals surface area contributed by atoms with Crippen LogP contribution >= 0.6 is 39.3 Å². The lowest BCUT2D eigenvalue weighted by atomic mass is 10.1. The number of hydrogen-bond acceptors (Lipinski definition) is 2. The van der Waals surface area contributed by atoms with E-state index in [-0.39, 0.29) is 0 Å². The summed E-state index contributed by atoms with van der Waals surface area (Å²) in [6.45, 7) is 2.23. The highest BCUT2D eigenvalue weighted by Crippen LogP contribution is 2.22. The Morgan fingerprint density at radius 1 is 1.53 bits per heavy atom. The first-order chi connectivity index (χ1) is 7.26. The first-order valence-corrected chi connectivity index (χ1v) is 7.79. The monoisotopic (exact) mass is 310 g/mol. The van der Waals surface area contributed by atoms with Crippen LogP contribution in [0.2, 0.25) is 5.22 Å². The standard InChI is InChI=1S/C11H16BrClOS/c1-2-3-9(6-12)7-15-8-10-4-5-11(13)14-10/h4-5,9H,2-3,6-8H2,1H3. The van der Waals surface area contributed by atoms with Crippen LogP contribution in [-0.4, -0.2) is 11.1 Å². The van der Waals surface area contributed by atoms with Gasteiger partial charge < -0.3 is 4.42 Å². The molecular weight excluding hydrogens is 296 g/mol. The second kappa shape index (κ2) is 7.64. The van der Waals surface area contributed by atoms with E-state index in [1.807, 2.05) is 17.8 Å². The number of hydrogen-bond donors (Lipinski definition) is 0. The van der Waals surface area contributed by atoms with Crippen LogP contribution in [-0.2, 0) is 5.75 Å². The van der Waals surface area contributed by atoms with Crippen molar-refractivity contribution in [2.24, 2.45) is 5.92 Å². The molecule has 4 heteroatoms. The molecule has 1 atom stereocenters. The van der Waals surface area contributed by atoms with E-state index in [2.05, 4.69) is 22.9 Å². The molecule has 1 aromatic heterocycles. The molecule has 0 aliphatic rings.